The fourth-order valence-electron chi connectivity index (χ4n) is 1.22. The Bertz CT molecular complexity index is 316. The van der Waals surface area contributed by atoms with Crippen LogP contribution < -0.4 is 5.73 Å². The standard InChI is InChI=1S/C11H13F2N/c1-3-7(2)11(14)8-4-9(12)6-10(13)5-8/h3-7,11H,1,14H2,2H3/t7-,11-/m0/s1. The highest BCUT2D eigenvalue weighted by atomic mass is 19.1. The van der Waals surface area contributed by atoms with Gasteiger partial charge < -0.3 is 5.73 Å². The lowest BCUT2D eigenvalue weighted by Crippen LogP contribution is -2.17. The molecular weight excluding hydrogens is 184 g/mol. The van der Waals surface area contributed by atoms with Gasteiger partial charge in [-0.2, -0.15) is 0 Å². The first-order valence-corrected chi connectivity index (χ1v) is 4.38. The molecular formula is C11H13F2N. The van der Waals surface area contributed by atoms with Crippen LogP contribution in [0.25, 0.3) is 0 Å². The van der Waals surface area contributed by atoms with Crippen molar-refractivity contribution in [2.75, 3.05) is 0 Å². The van der Waals surface area contributed by atoms with Crippen molar-refractivity contribution in [3.8, 4) is 0 Å². The number of hydrogen-bond acceptors (Lipinski definition) is 1. The molecule has 0 bridgehead atoms. The van der Waals surface area contributed by atoms with Gasteiger partial charge in [0.2, 0.25) is 0 Å². The second-order valence-electron chi connectivity index (χ2n) is 3.32. The van der Waals surface area contributed by atoms with Gasteiger partial charge in [0.15, 0.2) is 0 Å². The first-order valence-electron chi connectivity index (χ1n) is 4.38. The fraction of sp³-hybridized carbons (Fsp3) is 0.273. The van der Waals surface area contributed by atoms with Gasteiger partial charge >= 0.3 is 0 Å². The molecule has 1 rings (SSSR count). The zero-order chi connectivity index (χ0) is 10.7. The summed E-state index contributed by atoms with van der Waals surface area (Å²) in [6.45, 7) is 5.43. The van der Waals surface area contributed by atoms with Crippen LogP contribution in [0.5, 0.6) is 0 Å². The summed E-state index contributed by atoms with van der Waals surface area (Å²) in [5.41, 5.74) is 6.24. The van der Waals surface area contributed by atoms with Gasteiger partial charge in [0, 0.05) is 12.1 Å². The Morgan fingerprint density at radius 3 is 2.21 bits per heavy atom. The molecule has 0 unspecified atom stereocenters. The molecule has 0 radical (unpaired) electrons. The second kappa shape index (κ2) is 4.33. The van der Waals surface area contributed by atoms with Gasteiger partial charge in [0.25, 0.3) is 0 Å². The molecule has 1 aromatic rings. The minimum atomic E-state index is -0.605. The third-order valence-electron chi connectivity index (χ3n) is 2.21. The Labute approximate surface area is 82.2 Å². The maximum atomic E-state index is 12.8. The summed E-state index contributed by atoms with van der Waals surface area (Å²) in [5.74, 6) is -1.23. The van der Waals surface area contributed by atoms with Crippen LogP contribution in [0.3, 0.4) is 0 Å². The molecule has 0 amide bonds. The highest BCUT2D eigenvalue weighted by Crippen LogP contribution is 2.21. The van der Waals surface area contributed by atoms with E-state index in [1.807, 2.05) is 6.92 Å². The first-order chi connectivity index (χ1) is 6.54. The molecule has 1 aromatic carbocycles. The van der Waals surface area contributed by atoms with Crippen molar-refractivity contribution in [1.82, 2.24) is 0 Å². The number of rotatable bonds is 3. The van der Waals surface area contributed by atoms with Crippen molar-refractivity contribution >= 4 is 0 Å². The van der Waals surface area contributed by atoms with Gasteiger partial charge in [0.05, 0.1) is 0 Å². The van der Waals surface area contributed by atoms with Crippen LogP contribution in [0.2, 0.25) is 0 Å². The lowest BCUT2D eigenvalue weighted by Gasteiger charge is -2.16. The van der Waals surface area contributed by atoms with Crippen molar-refractivity contribution in [3.05, 3.63) is 48.1 Å². The summed E-state index contributed by atoms with van der Waals surface area (Å²) in [4.78, 5) is 0. The topological polar surface area (TPSA) is 26.0 Å². The molecule has 3 heteroatoms. The van der Waals surface area contributed by atoms with E-state index < -0.39 is 17.7 Å². The van der Waals surface area contributed by atoms with E-state index in [0.717, 1.165) is 6.07 Å². The van der Waals surface area contributed by atoms with Gasteiger partial charge in [-0.05, 0) is 23.6 Å². The summed E-state index contributed by atoms with van der Waals surface area (Å²) < 4.78 is 25.7. The molecule has 0 aromatic heterocycles. The van der Waals surface area contributed by atoms with Crippen molar-refractivity contribution in [2.24, 2.45) is 11.7 Å². The predicted octanol–water partition coefficient (Wildman–Crippen LogP) is 2.79. The molecule has 0 aliphatic carbocycles. The van der Waals surface area contributed by atoms with E-state index in [9.17, 15) is 8.78 Å². The average molecular weight is 197 g/mol. The predicted molar refractivity (Wildman–Crippen MR) is 52.6 cm³/mol. The van der Waals surface area contributed by atoms with Gasteiger partial charge in [0.1, 0.15) is 11.6 Å². The number of benzene rings is 1. The third-order valence-corrected chi connectivity index (χ3v) is 2.21. The van der Waals surface area contributed by atoms with E-state index in [1.165, 1.54) is 12.1 Å². The van der Waals surface area contributed by atoms with Crippen molar-refractivity contribution in [3.63, 3.8) is 0 Å². The van der Waals surface area contributed by atoms with Crippen LogP contribution in [0.1, 0.15) is 18.5 Å². The molecule has 0 spiro atoms. The van der Waals surface area contributed by atoms with E-state index in [4.69, 9.17) is 5.73 Å². The Kier molecular flexibility index (Phi) is 3.36. The lowest BCUT2D eigenvalue weighted by atomic mass is 9.95. The van der Waals surface area contributed by atoms with Crippen LogP contribution in [0, 0.1) is 17.6 Å². The Hall–Kier alpha value is -1.22. The molecule has 2 atom stereocenters. The lowest BCUT2D eigenvalue weighted by molar-refractivity contribution is 0.540. The molecule has 0 aliphatic rings. The third kappa shape index (κ3) is 2.39. The maximum absolute atomic E-state index is 12.8. The van der Waals surface area contributed by atoms with Crippen molar-refractivity contribution < 1.29 is 8.78 Å². The molecule has 0 heterocycles. The van der Waals surface area contributed by atoms with Crippen LogP contribution in [-0.4, -0.2) is 0 Å². The van der Waals surface area contributed by atoms with Crippen LogP contribution >= 0.6 is 0 Å². The minimum Gasteiger partial charge on any atom is -0.323 e. The maximum Gasteiger partial charge on any atom is 0.126 e. The van der Waals surface area contributed by atoms with E-state index in [2.05, 4.69) is 6.58 Å². The molecule has 1 nitrogen and oxygen atoms in total. The first kappa shape index (κ1) is 10.9. The number of nitrogens with two attached hydrogens (primary N) is 1. The summed E-state index contributed by atoms with van der Waals surface area (Å²) in [6.07, 6.45) is 1.66. The number of halogens is 2. The molecule has 76 valence electrons. The highest BCUT2D eigenvalue weighted by Gasteiger charge is 2.13. The largest absolute Gasteiger partial charge is 0.323 e. The zero-order valence-corrected chi connectivity index (χ0v) is 8.00. The van der Waals surface area contributed by atoms with E-state index in [0.29, 0.717) is 5.56 Å². The second-order valence-corrected chi connectivity index (χ2v) is 3.32. The highest BCUT2D eigenvalue weighted by molar-refractivity contribution is 5.22. The van der Waals surface area contributed by atoms with Gasteiger partial charge in [-0.1, -0.05) is 13.0 Å². The summed E-state index contributed by atoms with van der Waals surface area (Å²) in [7, 11) is 0. The van der Waals surface area contributed by atoms with Gasteiger partial charge in [-0.15, -0.1) is 6.58 Å². The van der Waals surface area contributed by atoms with Gasteiger partial charge in [-0.25, -0.2) is 8.78 Å². The molecule has 2 N–H and O–H groups in total. The fourth-order valence-corrected chi connectivity index (χ4v) is 1.22. The Morgan fingerprint density at radius 1 is 1.29 bits per heavy atom. The molecule has 0 saturated carbocycles. The number of hydrogen-bond donors (Lipinski definition) is 1. The monoisotopic (exact) mass is 197 g/mol. The smallest absolute Gasteiger partial charge is 0.126 e. The van der Waals surface area contributed by atoms with Crippen molar-refractivity contribution in [2.45, 2.75) is 13.0 Å². The van der Waals surface area contributed by atoms with Crippen LogP contribution in [0.15, 0.2) is 30.9 Å². The van der Waals surface area contributed by atoms with Crippen LogP contribution in [0.4, 0.5) is 8.78 Å². The average Bonchev–Trinajstić information content (AvgIpc) is 2.14. The van der Waals surface area contributed by atoms with Gasteiger partial charge in [-0.3, -0.25) is 0 Å². The molecule has 0 saturated heterocycles. The van der Waals surface area contributed by atoms with Crippen LogP contribution in [-0.2, 0) is 0 Å². The molecule has 0 fully saturated rings. The SMILES string of the molecule is C=C[C@H](C)[C@H](N)c1cc(F)cc(F)c1. The Morgan fingerprint density at radius 2 is 1.79 bits per heavy atom. The van der Waals surface area contributed by atoms with E-state index >= 15 is 0 Å². The molecule has 14 heavy (non-hydrogen) atoms. The Balaban J connectivity index is 3.00. The van der Waals surface area contributed by atoms with Crippen molar-refractivity contribution in [1.29, 1.82) is 0 Å². The minimum absolute atomic E-state index is 0.0174. The van der Waals surface area contributed by atoms with E-state index in [1.54, 1.807) is 6.08 Å². The van der Waals surface area contributed by atoms with E-state index in [-0.39, 0.29) is 5.92 Å². The summed E-state index contributed by atoms with van der Waals surface area (Å²) in [6, 6.07) is 2.90. The quantitative estimate of drug-likeness (QED) is 0.741. The summed E-state index contributed by atoms with van der Waals surface area (Å²) in [5, 5.41) is 0. The zero-order valence-electron chi connectivity index (χ0n) is 8.00. The molecule has 0 aliphatic heterocycles. The summed E-state index contributed by atoms with van der Waals surface area (Å²) >= 11 is 0. The normalized spacial score (nSPS) is 14.9.